The molecule has 0 saturated heterocycles. The molecule has 2 nitrogen and oxygen atoms in total. The zero-order chi connectivity index (χ0) is 24.0. The van der Waals surface area contributed by atoms with Gasteiger partial charge >= 0.3 is 0 Å². The first kappa shape index (κ1) is 30.2. The summed E-state index contributed by atoms with van der Waals surface area (Å²) in [5.74, 6) is 2.22. The van der Waals surface area contributed by atoms with Gasteiger partial charge in [-0.05, 0) is 32.6 Å². The Bertz CT molecular complexity index is 521. The van der Waals surface area contributed by atoms with Crippen LogP contribution in [0.5, 0.6) is 0 Å². The maximum absolute atomic E-state index is 3.66. The lowest BCUT2D eigenvalue weighted by molar-refractivity contribution is -0.727. The number of unbranched alkanes of at least 4 members (excludes halogenated alkanes) is 16. The Hall–Kier alpha value is -0.790. The Balaban J connectivity index is 2.29. The molecule has 33 heavy (non-hydrogen) atoms. The molecule has 2 unspecified atom stereocenters. The number of nitrogens with one attached hydrogen (secondary N) is 1. The van der Waals surface area contributed by atoms with Crippen LogP contribution in [0, 0.1) is 0 Å². The van der Waals surface area contributed by atoms with Crippen molar-refractivity contribution in [2.75, 3.05) is 0 Å². The number of hydrogen-bond acceptors (Lipinski definition) is 0. The molecular weight excluding hydrogens is 400 g/mol. The maximum Gasteiger partial charge on any atom is 0.257 e. The molecule has 0 spiro atoms. The molecule has 1 aromatic heterocycles. The van der Waals surface area contributed by atoms with E-state index in [1.807, 2.05) is 0 Å². The average Bonchev–Trinajstić information content (AvgIpc) is 3.31. The summed E-state index contributed by atoms with van der Waals surface area (Å²) in [6.07, 6.45) is 35.4. The molecule has 1 rings (SSSR count). The first-order chi connectivity index (χ1) is 16.2. The molecular formula is C31H61N2+. The van der Waals surface area contributed by atoms with Gasteiger partial charge in [0.2, 0.25) is 0 Å². The number of H-pyrrole nitrogens is 1. The average molecular weight is 462 g/mol. The summed E-state index contributed by atoms with van der Waals surface area (Å²) in [5, 5.41) is 0. The minimum Gasteiger partial charge on any atom is -0.247 e. The first-order valence-corrected chi connectivity index (χ1v) is 15.3. The van der Waals surface area contributed by atoms with Crippen LogP contribution in [0.2, 0.25) is 0 Å². The summed E-state index contributed by atoms with van der Waals surface area (Å²) in [7, 11) is 0. The van der Waals surface area contributed by atoms with Crippen LogP contribution in [0.4, 0.5) is 0 Å². The maximum atomic E-state index is 3.66. The third kappa shape index (κ3) is 14.9. The van der Waals surface area contributed by atoms with Crippen molar-refractivity contribution in [1.82, 2.24) is 4.98 Å². The summed E-state index contributed by atoms with van der Waals surface area (Å²) in [5.41, 5.74) is 0. The van der Waals surface area contributed by atoms with Crippen molar-refractivity contribution in [3.63, 3.8) is 0 Å². The van der Waals surface area contributed by atoms with Crippen LogP contribution in [0.3, 0.4) is 0 Å². The van der Waals surface area contributed by atoms with Crippen molar-refractivity contribution in [3.8, 4) is 0 Å². The van der Waals surface area contributed by atoms with Gasteiger partial charge in [0.15, 0.2) is 0 Å². The second-order valence-electron chi connectivity index (χ2n) is 10.8. The molecule has 0 radical (unpaired) electrons. The van der Waals surface area contributed by atoms with Crippen LogP contribution >= 0.6 is 0 Å². The zero-order valence-electron chi connectivity index (χ0n) is 23.3. The normalized spacial score (nSPS) is 13.5. The summed E-state index contributed by atoms with van der Waals surface area (Å²) in [6, 6.07) is 0.623. The second kappa shape index (κ2) is 21.7. The van der Waals surface area contributed by atoms with Gasteiger partial charge in [0, 0.05) is 0 Å². The van der Waals surface area contributed by atoms with Gasteiger partial charge in [0.1, 0.15) is 12.4 Å². The van der Waals surface area contributed by atoms with E-state index >= 15 is 0 Å². The number of nitrogens with zero attached hydrogens (tertiary/aromatic N) is 1. The molecule has 0 aliphatic carbocycles. The van der Waals surface area contributed by atoms with E-state index in [2.05, 4.69) is 49.6 Å². The molecule has 194 valence electrons. The van der Waals surface area contributed by atoms with E-state index in [0.717, 1.165) is 0 Å². The number of aromatic nitrogens is 2. The van der Waals surface area contributed by atoms with Gasteiger partial charge in [-0.3, -0.25) is 0 Å². The summed E-state index contributed by atoms with van der Waals surface area (Å²) < 4.78 is 2.58. The monoisotopic (exact) mass is 461 g/mol. The lowest BCUT2D eigenvalue weighted by Gasteiger charge is -2.17. The predicted molar refractivity (Wildman–Crippen MR) is 147 cm³/mol. The largest absolute Gasteiger partial charge is 0.257 e. The van der Waals surface area contributed by atoms with Gasteiger partial charge in [-0.1, -0.05) is 136 Å². The molecule has 0 aromatic carbocycles. The van der Waals surface area contributed by atoms with Crippen molar-refractivity contribution >= 4 is 0 Å². The minimum atomic E-state index is 0.623. The lowest BCUT2D eigenvalue weighted by Crippen LogP contribution is -2.41. The molecule has 2 heteroatoms. The Morgan fingerprint density at radius 1 is 0.576 bits per heavy atom. The molecule has 1 heterocycles. The Morgan fingerprint density at radius 3 is 1.48 bits per heavy atom. The summed E-state index contributed by atoms with van der Waals surface area (Å²) in [6.45, 7) is 9.35. The van der Waals surface area contributed by atoms with E-state index < -0.39 is 0 Å². The van der Waals surface area contributed by atoms with Crippen molar-refractivity contribution in [1.29, 1.82) is 0 Å². The fourth-order valence-corrected chi connectivity index (χ4v) is 5.37. The molecule has 1 aromatic rings. The van der Waals surface area contributed by atoms with E-state index in [0.29, 0.717) is 12.0 Å². The molecule has 0 aliphatic rings. The molecule has 1 N–H and O–H groups in total. The summed E-state index contributed by atoms with van der Waals surface area (Å²) >= 11 is 0. The van der Waals surface area contributed by atoms with Crippen LogP contribution in [0.25, 0.3) is 0 Å². The van der Waals surface area contributed by atoms with Crippen molar-refractivity contribution in [2.24, 2.45) is 0 Å². The standard InChI is InChI=1S/C31H60N2/c1-5-8-11-12-13-14-15-16-17-18-19-20-23-26-30(25-22-10-7-3)31-32-27-28-33(31)29(4)24-21-9-6-2/h27-30H,5-26H2,1-4H3/p+1. The zero-order valence-corrected chi connectivity index (χ0v) is 23.3. The van der Waals surface area contributed by atoms with E-state index in [9.17, 15) is 0 Å². The number of hydrogen-bond donors (Lipinski definition) is 1. The van der Waals surface area contributed by atoms with E-state index in [1.54, 1.807) is 0 Å². The smallest absolute Gasteiger partial charge is 0.247 e. The quantitative estimate of drug-likeness (QED) is 0.117. The number of rotatable bonds is 24. The summed E-state index contributed by atoms with van der Waals surface area (Å²) in [4.78, 5) is 3.66. The van der Waals surface area contributed by atoms with Crippen molar-refractivity contribution in [3.05, 3.63) is 18.2 Å². The number of aromatic amines is 1. The van der Waals surface area contributed by atoms with Gasteiger partial charge in [0.25, 0.3) is 5.82 Å². The first-order valence-electron chi connectivity index (χ1n) is 15.3. The molecule has 0 aliphatic heterocycles. The molecule has 0 saturated carbocycles. The van der Waals surface area contributed by atoms with Gasteiger partial charge in [-0.2, -0.15) is 0 Å². The van der Waals surface area contributed by atoms with Gasteiger partial charge in [0.05, 0.1) is 12.0 Å². The minimum absolute atomic E-state index is 0.623. The van der Waals surface area contributed by atoms with E-state index in [1.165, 1.54) is 147 Å². The fourth-order valence-electron chi connectivity index (χ4n) is 5.37. The SMILES string of the molecule is CCCCCCCCCCCCCCCC(CCCCC)c1[nH]cc[n+]1C(C)CCCCC. The molecule has 2 atom stereocenters. The highest BCUT2D eigenvalue weighted by atomic mass is 15.1. The fraction of sp³-hybridized carbons (Fsp3) is 0.903. The van der Waals surface area contributed by atoms with Gasteiger partial charge in [-0.25, -0.2) is 9.55 Å². The highest BCUT2D eigenvalue weighted by Crippen LogP contribution is 2.27. The van der Waals surface area contributed by atoms with Crippen LogP contribution < -0.4 is 4.57 Å². The molecule has 0 bridgehead atoms. The Kier molecular flexibility index (Phi) is 19.9. The van der Waals surface area contributed by atoms with Crippen LogP contribution in [-0.4, -0.2) is 4.98 Å². The Morgan fingerprint density at radius 2 is 0.970 bits per heavy atom. The van der Waals surface area contributed by atoms with Crippen molar-refractivity contribution in [2.45, 2.75) is 181 Å². The highest BCUT2D eigenvalue weighted by molar-refractivity contribution is 4.90. The van der Waals surface area contributed by atoms with Crippen molar-refractivity contribution < 1.29 is 4.57 Å². The van der Waals surface area contributed by atoms with Crippen LogP contribution in [-0.2, 0) is 0 Å². The van der Waals surface area contributed by atoms with Gasteiger partial charge < -0.3 is 0 Å². The van der Waals surface area contributed by atoms with Crippen LogP contribution in [0.1, 0.15) is 187 Å². The van der Waals surface area contributed by atoms with Crippen LogP contribution in [0.15, 0.2) is 12.4 Å². The molecule has 0 amide bonds. The third-order valence-corrected chi connectivity index (χ3v) is 7.64. The topological polar surface area (TPSA) is 19.7 Å². The van der Waals surface area contributed by atoms with E-state index in [-0.39, 0.29) is 0 Å². The Labute approximate surface area is 208 Å². The lowest BCUT2D eigenvalue weighted by atomic mass is 9.93. The second-order valence-corrected chi connectivity index (χ2v) is 10.8. The third-order valence-electron chi connectivity index (χ3n) is 7.64. The van der Waals surface area contributed by atoms with E-state index in [4.69, 9.17) is 0 Å². The van der Waals surface area contributed by atoms with Gasteiger partial charge in [-0.15, -0.1) is 0 Å². The number of imidazole rings is 1. The molecule has 0 fully saturated rings. The predicted octanol–water partition coefficient (Wildman–Crippen LogP) is 10.6. The highest BCUT2D eigenvalue weighted by Gasteiger charge is 2.25.